The van der Waals surface area contributed by atoms with Gasteiger partial charge in [0.1, 0.15) is 0 Å². The monoisotopic (exact) mass is 407 g/mol. The van der Waals surface area contributed by atoms with Gasteiger partial charge in [0.25, 0.3) is 0 Å². The van der Waals surface area contributed by atoms with Crippen molar-refractivity contribution in [3.8, 4) is 0 Å². The minimum absolute atomic E-state index is 0.0893. The lowest BCUT2D eigenvalue weighted by Gasteiger charge is -2.37. The van der Waals surface area contributed by atoms with Gasteiger partial charge in [0.2, 0.25) is 15.9 Å². The third-order valence-corrected chi connectivity index (χ3v) is 7.17. The Balaban J connectivity index is 1.72. The molecule has 1 heterocycles. The van der Waals surface area contributed by atoms with Crippen molar-refractivity contribution in [1.82, 2.24) is 9.21 Å². The van der Waals surface area contributed by atoms with Crippen LogP contribution in [0.15, 0.2) is 53.4 Å². The zero-order valence-corrected chi connectivity index (χ0v) is 16.6. The first-order valence-corrected chi connectivity index (χ1v) is 10.5. The number of rotatable bonds is 5. The van der Waals surface area contributed by atoms with Gasteiger partial charge < -0.3 is 5.73 Å². The molecule has 1 atom stereocenters. The van der Waals surface area contributed by atoms with E-state index in [-0.39, 0.29) is 16.5 Å². The Bertz CT molecular complexity index is 941. The van der Waals surface area contributed by atoms with Gasteiger partial charge in [-0.05, 0) is 36.8 Å². The smallest absolute Gasteiger partial charge is 0.248 e. The first kappa shape index (κ1) is 19.8. The number of carbonyl (C=O) groups is 1. The maximum atomic E-state index is 12.9. The molecule has 2 aromatic carbocycles. The number of piperazine rings is 1. The van der Waals surface area contributed by atoms with Crippen molar-refractivity contribution in [1.29, 1.82) is 0 Å². The van der Waals surface area contributed by atoms with Crippen LogP contribution in [0.2, 0.25) is 5.02 Å². The topological polar surface area (TPSA) is 83.7 Å². The Kier molecular flexibility index (Phi) is 5.86. The van der Waals surface area contributed by atoms with Crippen LogP contribution in [-0.2, 0) is 10.0 Å². The van der Waals surface area contributed by atoms with Crippen LogP contribution in [-0.4, -0.2) is 49.7 Å². The molecule has 27 heavy (non-hydrogen) atoms. The number of amides is 1. The van der Waals surface area contributed by atoms with Crippen LogP contribution in [0.1, 0.15) is 28.9 Å². The number of benzene rings is 2. The van der Waals surface area contributed by atoms with Crippen molar-refractivity contribution < 1.29 is 13.2 Å². The lowest BCUT2D eigenvalue weighted by atomic mass is 10.1. The highest BCUT2D eigenvalue weighted by atomic mass is 35.5. The Morgan fingerprint density at radius 1 is 1.07 bits per heavy atom. The molecular weight excluding hydrogens is 386 g/mol. The van der Waals surface area contributed by atoms with Gasteiger partial charge in [-0.1, -0.05) is 35.9 Å². The standard InChI is InChI=1S/C19H22ClN3O3S/c1-14(17-7-2-3-8-18(17)20)22-9-11-23(12-10-22)27(25,26)16-6-4-5-15(13-16)19(21)24/h2-8,13-14H,9-12H2,1H3,(H2,21,24). The average molecular weight is 408 g/mol. The highest BCUT2D eigenvalue weighted by Gasteiger charge is 2.31. The van der Waals surface area contributed by atoms with Gasteiger partial charge in [0.15, 0.2) is 0 Å². The van der Waals surface area contributed by atoms with E-state index >= 15 is 0 Å². The highest BCUT2D eigenvalue weighted by molar-refractivity contribution is 7.89. The molecule has 2 aromatic rings. The third-order valence-electron chi connectivity index (χ3n) is 4.93. The zero-order valence-electron chi connectivity index (χ0n) is 15.0. The lowest BCUT2D eigenvalue weighted by Crippen LogP contribution is -2.49. The summed E-state index contributed by atoms with van der Waals surface area (Å²) in [7, 11) is -3.67. The molecule has 0 aromatic heterocycles. The van der Waals surface area contributed by atoms with E-state index in [1.807, 2.05) is 24.3 Å². The molecule has 144 valence electrons. The van der Waals surface area contributed by atoms with Gasteiger partial charge in [-0.3, -0.25) is 9.69 Å². The number of hydrogen-bond donors (Lipinski definition) is 1. The molecule has 6 nitrogen and oxygen atoms in total. The van der Waals surface area contributed by atoms with Gasteiger partial charge in [0.05, 0.1) is 4.90 Å². The van der Waals surface area contributed by atoms with Gasteiger partial charge in [-0.15, -0.1) is 0 Å². The first-order valence-electron chi connectivity index (χ1n) is 8.69. The Labute approximate surface area is 164 Å². The van der Waals surface area contributed by atoms with Crippen LogP contribution in [0, 0.1) is 0 Å². The van der Waals surface area contributed by atoms with Crippen LogP contribution >= 0.6 is 11.6 Å². The first-order chi connectivity index (χ1) is 12.8. The van der Waals surface area contributed by atoms with E-state index in [1.165, 1.54) is 28.6 Å². The fraction of sp³-hybridized carbons (Fsp3) is 0.316. The van der Waals surface area contributed by atoms with E-state index in [0.717, 1.165) is 5.56 Å². The van der Waals surface area contributed by atoms with Gasteiger partial charge in [-0.2, -0.15) is 4.31 Å². The molecule has 0 spiro atoms. The summed E-state index contributed by atoms with van der Waals surface area (Å²) in [4.78, 5) is 13.6. The third kappa shape index (κ3) is 4.16. The van der Waals surface area contributed by atoms with Crippen molar-refractivity contribution in [2.24, 2.45) is 5.73 Å². The number of carbonyl (C=O) groups excluding carboxylic acids is 1. The van der Waals surface area contributed by atoms with E-state index in [4.69, 9.17) is 17.3 Å². The van der Waals surface area contributed by atoms with Crippen molar-refractivity contribution in [2.45, 2.75) is 17.9 Å². The summed E-state index contributed by atoms with van der Waals surface area (Å²) < 4.78 is 27.2. The molecular formula is C19H22ClN3O3S. The summed E-state index contributed by atoms with van der Waals surface area (Å²) >= 11 is 6.29. The minimum Gasteiger partial charge on any atom is -0.366 e. The van der Waals surface area contributed by atoms with E-state index in [2.05, 4.69) is 11.8 Å². The molecule has 0 radical (unpaired) electrons. The Morgan fingerprint density at radius 2 is 1.74 bits per heavy atom. The van der Waals surface area contributed by atoms with Crippen molar-refractivity contribution in [3.05, 3.63) is 64.7 Å². The van der Waals surface area contributed by atoms with Crippen molar-refractivity contribution in [2.75, 3.05) is 26.2 Å². The number of hydrogen-bond acceptors (Lipinski definition) is 4. The summed E-state index contributed by atoms with van der Waals surface area (Å²) in [5, 5.41) is 0.711. The summed E-state index contributed by atoms with van der Waals surface area (Å²) in [5.41, 5.74) is 6.47. The van der Waals surface area contributed by atoms with Crippen LogP contribution in [0.4, 0.5) is 0 Å². The number of sulfonamides is 1. The molecule has 0 bridgehead atoms. The van der Waals surface area contributed by atoms with E-state index in [9.17, 15) is 13.2 Å². The van der Waals surface area contributed by atoms with Gasteiger partial charge in [0, 0.05) is 42.8 Å². The number of nitrogens with zero attached hydrogens (tertiary/aromatic N) is 2. The second kappa shape index (κ2) is 7.98. The molecule has 1 aliphatic rings. The maximum Gasteiger partial charge on any atom is 0.248 e. The average Bonchev–Trinajstić information content (AvgIpc) is 2.68. The molecule has 1 unspecified atom stereocenters. The SMILES string of the molecule is CC(c1ccccc1Cl)N1CCN(S(=O)(=O)c2cccc(C(N)=O)c2)CC1. The second-order valence-electron chi connectivity index (χ2n) is 6.53. The molecule has 2 N–H and O–H groups in total. The van der Waals surface area contributed by atoms with Crippen LogP contribution in [0.5, 0.6) is 0 Å². The van der Waals surface area contributed by atoms with Gasteiger partial charge in [-0.25, -0.2) is 8.42 Å². The van der Waals surface area contributed by atoms with Gasteiger partial charge >= 0.3 is 0 Å². The van der Waals surface area contributed by atoms with Crippen molar-refractivity contribution >= 4 is 27.5 Å². The molecule has 0 saturated carbocycles. The predicted molar refractivity (Wildman–Crippen MR) is 105 cm³/mol. The molecule has 0 aliphatic carbocycles. The quantitative estimate of drug-likeness (QED) is 0.825. The molecule has 3 rings (SSSR count). The van der Waals surface area contributed by atoms with Crippen LogP contribution < -0.4 is 5.73 Å². The Morgan fingerprint density at radius 3 is 2.37 bits per heavy atom. The number of nitrogens with two attached hydrogens (primary N) is 1. The largest absolute Gasteiger partial charge is 0.366 e. The fourth-order valence-electron chi connectivity index (χ4n) is 3.30. The molecule has 1 aliphatic heterocycles. The number of halogens is 1. The normalized spacial score (nSPS) is 17.6. The molecule has 1 fully saturated rings. The summed E-state index contributed by atoms with van der Waals surface area (Å²) in [5.74, 6) is -0.648. The lowest BCUT2D eigenvalue weighted by molar-refractivity contribution is 0.1000. The molecule has 1 saturated heterocycles. The second-order valence-corrected chi connectivity index (χ2v) is 8.87. The summed E-state index contributed by atoms with van der Waals surface area (Å²) in [6, 6.07) is 13.6. The summed E-state index contributed by atoms with van der Waals surface area (Å²) in [6.07, 6.45) is 0. The van der Waals surface area contributed by atoms with Crippen LogP contribution in [0.25, 0.3) is 0 Å². The highest BCUT2D eigenvalue weighted by Crippen LogP contribution is 2.28. The number of primary amides is 1. The summed E-state index contributed by atoms with van der Waals surface area (Å²) in [6.45, 7) is 4.01. The van der Waals surface area contributed by atoms with Crippen LogP contribution in [0.3, 0.4) is 0 Å². The predicted octanol–water partition coefficient (Wildman–Crippen LogP) is 2.51. The Hall–Kier alpha value is -1.93. The van der Waals surface area contributed by atoms with E-state index in [1.54, 1.807) is 0 Å². The molecule has 8 heteroatoms. The van der Waals surface area contributed by atoms with Crippen molar-refractivity contribution in [3.63, 3.8) is 0 Å². The minimum atomic E-state index is -3.67. The van der Waals surface area contributed by atoms with E-state index < -0.39 is 15.9 Å². The zero-order chi connectivity index (χ0) is 19.6. The fourth-order valence-corrected chi connectivity index (χ4v) is 5.06. The van der Waals surface area contributed by atoms with E-state index in [0.29, 0.717) is 31.2 Å². The maximum absolute atomic E-state index is 12.9. The molecule has 1 amide bonds.